The normalized spacial score (nSPS) is 12.8. The van der Waals surface area contributed by atoms with Gasteiger partial charge in [0.1, 0.15) is 0 Å². The summed E-state index contributed by atoms with van der Waals surface area (Å²) in [6.45, 7) is 2.03. The fourth-order valence-electron chi connectivity index (χ4n) is 3.30. The van der Waals surface area contributed by atoms with Gasteiger partial charge in [0.15, 0.2) is 0 Å². The summed E-state index contributed by atoms with van der Waals surface area (Å²) < 4.78 is 0.873. The molecule has 0 saturated heterocycles. The first-order valence-corrected chi connectivity index (χ1v) is 9.85. The molecule has 3 aromatic carbocycles. The van der Waals surface area contributed by atoms with Crippen molar-refractivity contribution in [2.24, 2.45) is 0 Å². The predicted octanol–water partition coefficient (Wildman–Crippen LogP) is 4.81. The molecule has 5 nitrogen and oxygen atoms in total. The van der Waals surface area contributed by atoms with Crippen LogP contribution in [0.5, 0.6) is 0 Å². The Kier molecular flexibility index (Phi) is 5.03. The number of nitrogens with one attached hydrogen (secondary N) is 1. The third-order valence-corrected chi connectivity index (χ3v) is 5.35. The van der Waals surface area contributed by atoms with E-state index in [1.54, 1.807) is 48.5 Å². The number of carbonyl (C=O) groups is 3. The van der Waals surface area contributed by atoms with Crippen LogP contribution in [0.25, 0.3) is 0 Å². The summed E-state index contributed by atoms with van der Waals surface area (Å²) in [5.74, 6) is -0.883. The van der Waals surface area contributed by atoms with Crippen molar-refractivity contribution >= 4 is 39.3 Å². The van der Waals surface area contributed by atoms with Gasteiger partial charge >= 0.3 is 0 Å². The molecular weight excluding hydrogens is 432 g/mol. The Morgan fingerprint density at radius 2 is 1.62 bits per heavy atom. The van der Waals surface area contributed by atoms with E-state index in [9.17, 15) is 14.4 Å². The van der Waals surface area contributed by atoms with Crippen LogP contribution in [0.3, 0.4) is 0 Å². The van der Waals surface area contributed by atoms with Gasteiger partial charge in [0.05, 0.1) is 17.7 Å². The van der Waals surface area contributed by atoms with Gasteiger partial charge in [0.2, 0.25) is 0 Å². The first kappa shape index (κ1) is 19.1. The summed E-state index contributed by atoms with van der Waals surface area (Å²) in [7, 11) is 0. The first-order valence-electron chi connectivity index (χ1n) is 9.06. The van der Waals surface area contributed by atoms with Gasteiger partial charge < -0.3 is 5.32 Å². The maximum Gasteiger partial charge on any atom is 0.261 e. The van der Waals surface area contributed by atoms with Gasteiger partial charge in [-0.25, -0.2) is 0 Å². The molecule has 29 heavy (non-hydrogen) atoms. The summed E-state index contributed by atoms with van der Waals surface area (Å²) in [5.41, 5.74) is 3.66. The lowest BCUT2D eigenvalue weighted by Crippen LogP contribution is -2.29. The van der Waals surface area contributed by atoms with E-state index in [2.05, 4.69) is 21.2 Å². The van der Waals surface area contributed by atoms with Crippen molar-refractivity contribution in [2.75, 3.05) is 5.32 Å². The molecule has 0 atom stereocenters. The minimum Gasteiger partial charge on any atom is -0.322 e. The van der Waals surface area contributed by atoms with E-state index in [0.29, 0.717) is 22.3 Å². The molecule has 6 heteroatoms. The Morgan fingerprint density at radius 1 is 0.931 bits per heavy atom. The molecule has 0 fully saturated rings. The number of benzene rings is 3. The average molecular weight is 449 g/mol. The number of rotatable bonds is 4. The maximum atomic E-state index is 12.7. The summed E-state index contributed by atoms with van der Waals surface area (Å²) in [4.78, 5) is 39.0. The second-order valence-electron chi connectivity index (χ2n) is 6.86. The lowest BCUT2D eigenvalue weighted by Gasteiger charge is -2.15. The number of nitrogens with zero attached hydrogens (tertiary/aromatic N) is 1. The van der Waals surface area contributed by atoms with Crippen LogP contribution in [0, 0.1) is 6.92 Å². The molecule has 0 aromatic heterocycles. The van der Waals surface area contributed by atoms with Crippen molar-refractivity contribution in [3.05, 3.63) is 99.0 Å². The monoisotopic (exact) mass is 448 g/mol. The van der Waals surface area contributed by atoms with E-state index in [1.807, 2.05) is 25.1 Å². The number of hydrogen-bond acceptors (Lipinski definition) is 3. The topological polar surface area (TPSA) is 66.5 Å². The van der Waals surface area contributed by atoms with Crippen LogP contribution in [0.15, 0.2) is 71.2 Å². The van der Waals surface area contributed by atoms with Crippen molar-refractivity contribution in [1.82, 2.24) is 4.90 Å². The quantitative estimate of drug-likeness (QED) is 0.582. The van der Waals surface area contributed by atoms with Crippen LogP contribution in [-0.2, 0) is 6.54 Å². The van der Waals surface area contributed by atoms with Crippen LogP contribution in [-0.4, -0.2) is 22.6 Å². The molecule has 1 N–H and O–H groups in total. The number of hydrogen-bond donors (Lipinski definition) is 1. The number of amides is 3. The largest absolute Gasteiger partial charge is 0.322 e. The van der Waals surface area contributed by atoms with E-state index >= 15 is 0 Å². The number of halogens is 1. The van der Waals surface area contributed by atoms with E-state index in [-0.39, 0.29) is 24.3 Å². The Morgan fingerprint density at radius 3 is 2.31 bits per heavy atom. The smallest absolute Gasteiger partial charge is 0.261 e. The van der Waals surface area contributed by atoms with Crippen molar-refractivity contribution in [3.8, 4) is 0 Å². The molecule has 0 aliphatic carbocycles. The molecule has 1 aliphatic heterocycles. The fourth-order valence-corrected chi connectivity index (χ4v) is 3.66. The number of fused-ring (bicyclic) bond motifs is 1. The third kappa shape index (κ3) is 3.71. The third-order valence-electron chi connectivity index (χ3n) is 4.86. The Balaban J connectivity index is 1.54. The molecule has 0 bridgehead atoms. The second-order valence-corrected chi connectivity index (χ2v) is 7.77. The average Bonchev–Trinajstić information content (AvgIpc) is 2.96. The minimum absolute atomic E-state index is 0.114. The van der Waals surface area contributed by atoms with Gasteiger partial charge in [0, 0.05) is 15.7 Å². The molecule has 4 rings (SSSR count). The van der Waals surface area contributed by atoms with E-state index < -0.39 is 0 Å². The number of aryl methyl sites for hydroxylation is 1. The SMILES string of the molecule is Cc1ccc(Br)cc1NC(=O)c1cccc(CN2C(=O)c3ccccc3C2=O)c1. The van der Waals surface area contributed by atoms with Gasteiger partial charge in [-0.3, -0.25) is 19.3 Å². The molecular formula is C23H17BrN2O3. The number of carbonyl (C=O) groups excluding carboxylic acids is 3. The van der Waals surface area contributed by atoms with Gasteiger partial charge in [-0.15, -0.1) is 0 Å². The molecule has 0 saturated carbocycles. The fraction of sp³-hybridized carbons (Fsp3) is 0.0870. The molecule has 0 radical (unpaired) electrons. The lowest BCUT2D eigenvalue weighted by atomic mass is 10.1. The van der Waals surface area contributed by atoms with Gasteiger partial charge in [-0.1, -0.05) is 46.3 Å². The van der Waals surface area contributed by atoms with E-state index in [1.165, 1.54) is 4.90 Å². The Hall–Kier alpha value is -3.25. The summed E-state index contributed by atoms with van der Waals surface area (Å²) in [6, 6.07) is 19.4. The van der Waals surface area contributed by atoms with Crippen LogP contribution in [0.4, 0.5) is 5.69 Å². The lowest BCUT2D eigenvalue weighted by molar-refractivity contribution is 0.0642. The van der Waals surface area contributed by atoms with Crippen molar-refractivity contribution in [2.45, 2.75) is 13.5 Å². The van der Waals surface area contributed by atoms with Crippen LogP contribution >= 0.6 is 15.9 Å². The molecule has 144 valence electrons. The zero-order valence-electron chi connectivity index (χ0n) is 15.6. The standard InChI is InChI=1S/C23H17BrN2O3/c1-14-9-10-17(24)12-20(14)25-21(27)16-6-4-5-15(11-16)13-26-22(28)18-7-2-3-8-19(18)23(26)29/h2-12H,13H2,1H3,(H,25,27). The Labute approximate surface area is 176 Å². The summed E-state index contributed by atoms with van der Waals surface area (Å²) >= 11 is 3.41. The first-order chi connectivity index (χ1) is 13.9. The highest BCUT2D eigenvalue weighted by Crippen LogP contribution is 2.25. The van der Waals surface area contributed by atoms with Gasteiger partial charge in [-0.2, -0.15) is 0 Å². The molecule has 3 aromatic rings. The molecule has 0 spiro atoms. The number of anilines is 1. The summed E-state index contributed by atoms with van der Waals surface area (Å²) in [6.07, 6.45) is 0. The zero-order valence-corrected chi connectivity index (χ0v) is 17.2. The van der Waals surface area contributed by atoms with E-state index in [0.717, 1.165) is 15.7 Å². The summed E-state index contributed by atoms with van der Waals surface area (Å²) in [5, 5.41) is 2.90. The molecule has 1 aliphatic rings. The van der Waals surface area contributed by atoms with Gasteiger partial charge in [-0.05, 0) is 54.4 Å². The minimum atomic E-state index is -0.315. The second kappa shape index (κ2) is 7.64. The molecule has 3 amide bonds. The number of imide groups is 1. The maximum absolute atomic E-state index is 12.7. The predicted molar refractivity (Wildman–Crippen MR) is 114 cm³/mol. The van der Waals surface area contributed by atoms with Crippen molar-refractivity contribution in [1.29, 1.82) is 0 Å². The Bertz CT molecular complexity index is 1120. The highest BCUT2D eigenvalue weighted by atomic mass is 79.9. The molecule has 0 unspecified atom stereocenters. The zero-order chi connectivity index (χ0) is 20.5. The highest BCUT2D eigenvalue weighted by Gasteiger charge is 2.34. The van der Waals surface area contributed by atoms with Gasteiger partial charge in [0.25, 0.3) is 17.7 Å². The molecule has 1 heterocycles. The van der Waals surface area contributed by atoms with Crippen LogP contribution in [0.2, 0.25) is 0 Å². The highest BCUT2D eigenvalue weighted by molar-refractivity contribution is 9.10. The van der Waals surface area contributed by atoms with Crippen LogP contribution < -0.4 is 5.32 Å². The van der Waals surface area contributed by atoms with Crippen molar-refractivity contribution < 1.29 is 14.4 Å². The van der Waals surface area contributed by atoms with Crippen molar-refractivity contribution in [3.63, 3.8) is 0 Å². The van der Waals surface area contributed by atoms with E-state index in [4.69, 9.17) is 0 Å². The van der Waals surface area contributed by atoms with Crippen LogP contribution in [0.1, 0.15) is 42.2 Å².